The lowest BCUT2D eigenvalue weighted by atomic mass is 9.37. The lowest BCUT2D eigenvalue weighted by Gasteiger charge is -2.81. The van der Waals surface area contributed by atoms with Gasteiger partial charge in [0, 0.05) is 41.5 Å². The second-order valence-corrected chi connectivity index (χ2v) is 10.7. The molecule has 2 aromatic heterocycles. The second kappa shape index (κ2) is 7.17. The normalized spacial score (nSPS) is 31.4. The van der Waals surface area contributed by atoms with Crippen LogP contribution in [0.2, 0.25) is 5.02 Å². The van der Waals surface area contributed by atoms with Crippen molar-refractivity contribution in [1.82, 2.24) is 13.9 Å². The van der Waals surface area contributed by atoms with Crippen molar-refractivity contribution in [2.75, 3.05) is 11.9 Å². The van der Waals surface area contributed by atoms with Gasteiger partial charge in [-0.05, 0) is 50.1 Å². The molecule has 33 heavy (non-hydrogen) atoms. The van der Waals surface area contributed by atoms with E-state index >= 15 is 0 Å². The van der Waals surface area contributed by atoms with Gasteiger partial charge in [0.1, 0.15) is 17.5 Å². The Kier molecular flexibility index (Phi) is 4.64. The zero-order chi connectivity index (χ0) is 23.1. The first kappa shape index (κ1) is 21.4. The van der Waals surface area contributed by atoms with Gasteiger partial charge in [-0.3, -0.25) is 4.79 Å². The maximum Gasteiger partial charge on any atom is 0.273 e. The van der Waals surface area contributed by atoms with Crippen LogP contribution >= 0.6 is 23.5 Å². The number of nitrogens with zero attached hydrogens (tertiary/aromatic N) is 4. The third-order valence-corrected chi connectivity index (χ3v) is 9.75. The molecule has 172 valence electrons. The minimum absolute atomic E-state index is 0.127. The van der Waals surface area contributed by atoms with Crippen LogP contribution in [0, 0.1) is 22.7 Å². The Balaban J connectivity index is 1.27. The van der Waals surface area contributed by atoms with E-state index in [1.54, 1.807) is 18.0 Å². The van der Waals surface area contributed by atoms with Crippen molar-refractivity contribution in [2.24, 2.45) is 5.41 Å². The standard InChI is InChI=1S/C22H21ClFN5O3S/c23-17-18(20(31)27-11-6-12(9-25)26-16(24)7-11)28-5-1-2-13(28)19(17)33-29-14-3-4-22(14)15(29)8-21(22,32)10-30/h6-7,14-15,30,32H,1-5,8,10H2,(H,26,27,31). The van der Waals surface area contributed by atoms with Gasteiger partial charge in [0.2, 0.25) is 5.95 Å². The lowest BCUT2D eigenvalue weighted by Crippen LogP contribution is -2.90. The van der Waals surface area contributed by atoms with Gasteiger partial charge >= 0.3 is 0 Å². The van der Waals surface area contributed by atoms with Crippen LogP contribution < -0.4 is 5.32 Å². The second-order valence-electron chi connectivity index (χ2n) is 9.28. The largest absolute Gasteiger partial charge is 0.393 e. The van der Waals surface area contributed by atoms with Gasteiger partial charge in [-0.25, -0.2) is 9.29 Å². The van der Waals surface area contributed by atoms with Crippen LogP contribution in [0.3, 0.4) is 0 Å². The van der Waals surface area contributed by atoms with Crippen molar-refractivity contribution in [2.45, 2.75) is 61.2 Å². The molecule has 1 saturated heterocycles. The van der Waals surface area contributed by atoms with E-state index in [0.29, 0.717) is 23.7 Å². The van der Waals surface area contributed by atoms with E-state index < -0.39 is 17.5 Å². The molecule has 1 spiro atoms. The number of amides is 1. The number of halogens is 2. The maximum atomic E-state index is 13.7. The fourth-order valence-electron chi connectivity index (χ4n) is 6.28. The molecule has 0 aromatic carbocycles. The molecule has 4 heterocycles. The Morgan fingerprint density at radius 2 is 2.27 bits per heavy atom. The molecule has 1 amide bonds. The topological polar surface area (TPSA) is 114 Å². The van der Waals surface area contributed by atoms with Gasteiger partial charge in [-0.15, -0.1) is 0 Å². The van der Waals surface area contributed by atoms with Crippen LogP contribution in [0.5, 0.6) is 0 Å². The molecule has 2 saturated carbocycles. The number of aromatic nitrogens is 2. The van der Waals surface area contributed by atoms with E-state index in [9.17, 15) is 19.4 Å². The minimum Gasteiger partial charge on any atom is -0.393 e. The van der Waals surface area contributed by atoms with Crippen LogP contribution in [-0.2, 0) is 13.0 Å². The van der Waals surface area contributed by atoms with Crippen molar-refractivity contribution in [1.29, 1.82) is 5.26 Å². The number of carbonyl (C=O) groups is 1. The molecule has 4 unspecified atom stereocenters. The highest BCUT2D eigenvalue weighted by molar-refractivity contribution is 7.97. The summed E-state index contributed by atoms with van der Waals surface area (Å²) in [5, 5.41) is 32.4. The monoisotopic (exact) mass is 489 g/mol. The molecule has 2 aliphatic heterocycles. The average Bonchev–Trinajstić information content (AvgIpc) is 3.31. The smallest absolute Gasteiger partial charge is 0.273 e. The summed E-state index contributed by atoms with van der Waals surface area (Å²) in [6, 6.07) is 4.52. The zero-order valence-electron chi connectivity index (χ0n) is 17.5. The highest BCUT2D eigenvalue weighted by Crippen LogP contribution is 2.74. The highest BCUT2D eigenvalue weighted by atomic mass is 35.5. The summed E-state index contributed by atoms with van der Waals surface area (Å²) in [5.74, 6) is -1.32. The van der Waals surface area contributed by atoms with Crippen molar-refractivity contribution in [3.05, 3.63) is 40.2 Å². The quantitative estimate of drug-likeness (QED) is 0.437. The number of anilines is 1. The molecule has 3 N–H and O–H groups in total. The fraction of sp³-hybridized carbons (Fsp3) is 0.500. The number of fused-ring (bicyclic) bond motifs is 1. The van der Waals surface area contributed by atoms with E-state index in [1.165, 1.54) is 6.07 Å². The Labute approximate surface area is 198 Å². The molecule has 3 fully saturated rings. The molecule has 0 bridgehead atoms. The summed E-state index contributed by atoms with van der Waals surface area (Å²) < 4.78 is 17.9. The fourth-order valence-corrected chi connectivity index (χ4v) is 8.20. The molecule has 2 aromatic rings. The molecule has 6 rings (SSSR count). The molecule has 0 radical (unpaired) electrons. The average molecular weight is 490 g/mol. The van der Waals surface area contributed by atoms with E-state index in [4.69, 9.17) is 16.9 Å². The van der Waals surface area contributed by atoms with Crippen molar-refractivity contribution >= 4 is 35.1 Å². The van der Waals surface area contributed by atoms with Crippen molar-refractivity contribution < 1.29 is 19.4 Å². The third-order valence-electron chi connectivity index (χ3n) is 7.93. The van der Waals surface area contributed by atoms with Crippen LogP contribution in [0.15, 0.2) is 17.0 Å². The first-order valence-electron chi connectivity index (χ1n) is 10.9. The number of nitrogens with one attached hydrogen (secondary N) is 1. The van der Waals surface area contributed by atoms with Crippen molar-refractivity contribution in [3.63, 3.8) is 0 Å². The predicted molar refractivity (Wildman–Crippen MR) is 118 cm³/mol. The summed E-state index contributed by atoms with van der Waals surface area (Å²) in [6.07, 6.45) is 4.10. The Hall–Kier alpha value is -2.16. The maximum absolute atomic E-state index is 13.7. The first-order chi connectivity index (χ1) is 15.8. The number of nitriles is 1. The zero-order valence-corrected chi connectivity index (χ0v) is 19.1. The molecule has 4 aliphatic rings. The van der Waals surface area contributed by atoms with Gasteiger partial charge in [-0.2, -0.15) is 9.65 Å². The first-order valence-corrected chi connectivity index (χ1v) is 12.1. The van der Waals surface area contributed by atoms with Crippen LogP contribution in [-0.4, -0.2) is 54.3 Å². The summed E-state index contributed by atoms with van der Waals surface area (Å²) in [7, 11) is 0. The van der Waals surface area contributed by atoms with Crippen LogP contribution in [0.25, 0.3) is 0 Å². The molecular formula is C22H21ClFN5O3S. The van der Waals surface area contributed by atoms with E-state index in [2.05, 4.69) is 14.6 Å². The van der Waals surface area contributed by atoms with Crippen LogP contribution in [0.1, 0.15) is 47.6 Å². The number of carbonyl (C=O) groups excluding carboxylic acids is 1. The molecule has 8 nitrogen and oxygen atoms in total. The van der Waals surface area contributed by atoms with E-state index in [-0.39, 0.29) is 35.5 Å². The van der Waals surface area contributed by atoms with Gasteiger partial charge in [0.05, 0.1) is 22.1 Å². The number of piperidine rings is 2. The van der Waals surface area contributed by atoms with Gasteiger partial charge in [0.25, 0.3) is 5.91 Å². The minimum atomic E-state index is -0.989. The number of rotatable bonds is 5. The Morgan fingerprint density at radius 3 is 2.94 bits per heavy atom. The van der Waals surface area contributed by atoms with E-state index in [0.717, 1.165) is 42.3 Å². The Bertz CT molecular complexity index is 1240. The van der Waals surface area contributed by atoms with E-state index in [1.807, 2.05) is 4.57 Å². The molecule has 4 atom stereocenters. The molecular weight excluding hydrogens is 469 g/mol. The summed E-state index contributed by atoms with van der Waals surface area (Å²) in [5.41, 5.74) is 0.136. The lowest BCUT2D eigenvalue weighted by molar-refractivity contribution is -0.348. The molecule has 2 aliphatic carbocycles. The summed E-state index contributed by atoms with van der Waals surface area (Å²) in [4.78, 5) is 17.4. The number of hydrogen-bond donors (Lipinski definition) is 3. The molecule has 11 heteroatoms. The number of hydrogen-bond acceptors (Lipinski definition) is 7. The highest BCUT2D eigenvalue weighted by Gasteiger charge is 2.81. The van der Waals surface area contributed by atoms with Gasteiger partial charge in [0.15, 0.2) is 0 Å². The predicted octanol–water partition coefficient (Wildman–Crippen LogP) is 2.71. The number of aliphatic hydroxyl groups excluding tert-OH is 1. The summed E-state index contributed by atoms with van der Waals surface area (Å²) in [6.45, 7) is 0.446. The van der Waals surface area contributed by atoms with Crippen molar-refractivity contribution in [3.8, 4) is 6.07 Å². The Morgan fingerprint density at radius 1 is 1.45 bits per heavy atom. The SMILES string of the molecule is N#Cc1cc(NC(=O)c2c(Cl)c(SN3C4CCC45C3CC5(O)CO)c3n2CCC3)cc(F)n1. The van der Waals surface area contributed by atoms with Gasteiger partial charge < -0.3 is 20.1 Å². The van der Waals surface area contributed by atoms with Crippen LogP contribution in [0.4, 0.5) is 10.1 Å². The van der Waals surface area contributed by atoms with Gasteiger partial charge in [-0.1, -0.05) is 11.6 Å². The third kappa shape index (κ3) is 2.68. The summed E-state index contributed by atoms with van der Waals surface area (Å²) >= 11 is 8.29. The number of aliphatic hydroxyl groups is 2. The number of pyridine rings is 1.